The van der Waals surface area contributed by atoms with Crippen molar-refractivity contribution in [2.75, 3.05) is 6.26 Å². The number of aromatic nitrogens is 3. The molecule has 1 aromatic heterocycles. The third-order valence-corrected chi connectivity index (χ3v) is 3.56. The van der Waals surface area contributed by atoms with Gasteiger partial charge in [0.1, 0.15) is 5.52 Å². The molecular formula is C11H13N3O2S. The van der Waals surface area contributed by atoms with Gasteiger partial charge in [-0.2, -0.15) is 11.8 Å². The second-order valence-corrected chi connectivity index (χ2v) is 5.07. The predicted molar refractivity (Wildman–Crippen MR) is 67.5 cm³/mol. The third-order valence-electron chi connectivity index (χ3n) is 2.61. The molecule has 1 unspecified atom stereocenters. The van der Waals surface area contributed by atoms with E-state index in [2.05, 4.69) is 17.2 Å². The molecule has 5 nitrogen and oxygen atoms in total. The van der Waals surface area contributed by atoms with E-state index in [4.69, 9.17) is 5.11 Å². The van der Waals surface area contributed by atoms with E-state index in [1.165, 1.54) is 0 Å². The van der Waals surface area contributed by atoms with Crippen molar-refractivity contribution in [2.45, 2.75) is 18.7 Å². The van der Waals surface area contributed by atoms with Gasteiger partial charge < -0.3 is 5.11 Å². The van der Waals surface area contributed by atoms with Crippen LogP contribution >= 0.6 is 11.8 Å². The molecule has 17 heavy (non-hydrogen) atoms. The lowest BCUT2D eigenvalue weighted by atomic mass is 10.2. The van der Waals surface area contributed by atoms with E-state index in [9.17, 15) is 4.79 Å². The molecule has 2 rings (SSSR count). The van der Waals surface area contributed by atoms with Crippen LogP contribution < -0.4 is 0 Å². The lowest BCUT2D eigenvalue weighted by molar-refractivity contribution is 0.0699. The lowest BCUT2D eigenvalue weighted by Gasteiger charge is -2.07. The number of carboxylic acid groups (broad SMARTS) is 1. The highest BCUT2D eigenvalue weighted by molar-refractivity contribution is 7.99. The lowest BCUT2D eigenvalue weighted by Crippen LogP contribution is -2.10. The summed E-state index contributed by atoms with van der Waals surface area (Å²) in [5, 5.41) is 17.4. The quantitative estimate of drug-likeness (QED) is 0.898. The third kappa shape index (κ3) is 2.26. The number of hydrogen-bond donors (Lipinski definition) is 1. The van der Waals surface area contributed by atoms with Crippen molar-refractivity contribution in [2.24, 2.45) is 0 Å². The molecule has 0 aliphatic rings. The zero-order valence-corrected chi connectivity index (χ0v) is 10.4. The number of thioether (sulfide) groups is 1. The first-order chi connectivity index (χ1) is 8.13. The molecule has 0 saturated carbocycles. The van der Waals surface area contributed by atoms with Crippen molar-refractivity contribution in [3.63, 3.8) is 0 Å². The molecule has 1 N–H and O–H groups in total. The van der Waals surface area contributed by atoms with Gasteiger partial charge in [0, 0.05) is 5.25 Å². The molecular weight excluding hydrogens is 238 g/mol. The first-order valence-electron chi connectivity index (χ1n) is 5.21. The number of hydrogen-bond acceptors (Lipinski definition) is 4. The first-order valence-corrected chi connectivity index (χ1v) is 6.50. The van der Waals surface area contributed by atoms with Crippen LogP contribution in [0.5, 0.6) is 0 Å². The van der Waals surface area contributed by atoms with Crippen LogP contribution in [0.1, 0.15) is 17.3 Å². The van der Waals surface area contributed by atoms with Crippen LogP contribution in [0.25, 0.3) is 11.0 Å². The molecule has 1 heterocycles. The monoisotopic (exact) mass is 251 g/mol. The Kier molecular flexibility index (Phi) is 3.33. The average molecular weight is 251 g/mol. The number of aromatic carboxylic acids is 1. The van der Waals surface area contributed by atoms with Crippen molar-refractivity contribution >= 4 is 28.8 Å². The Morgan fingerprint density at radius 3 is 3.00 bits per heavy atom. The molecule has 0 radical (unpaired) electrons. The molecule has 0 spiro atoms. The number of fused-ring (bicyclic) bond motifs is 1. The van der Waals surface area contributed by atoms with Gasteiger partial charge in [-0.15, -0.1) is 5.10 Å². The van der Waals surface area contributed by atoms with E-state index >= 15 is 0 Å². The molecule has 0 aliphatic carbocycles. The van der Waals surface area contributed by atoms with Crippen LogP contribution in [0.3, 0.4) is 0 Å². The van der Waals surface area contributed by atoms with E-state index in [0.717, 1.165) is 12.1 Å². The average Bonchev–Trinajstić information content (AvgIpc) is 2.72. The van der Waals surface area contributed by atoms with Crippen LogP contribution in [-0.2, 0) is 6.54 Å². The summed E-state index contributed by atoms with van der Waals surface area (Å²) < 4.78 is 1.75. The highest BCUT2D eigenvalue weighted by Crippen LogP contribution is 2.18. The molecule has 6 heteroatoms. The first kappa shape index (κ1) is 11.9. The van der Waals surface area contributed by atoms with Gasteiger partial charge in [-0.3, -0.25) is 0 Å². The maximum Gasteiger partial charge on any atom is 0.338 e. The fourth-order valence-electron chi connectivity index (χ4n) is 1.62. The Morgan fingerprint density at radius 2 is 2.35 bits per heavy atom. The standard InChI is InChI=1S/C11H13N3O2S/c1-7(17-2)6-14-9-5-3-4-8(11(15)16)10(9)12-13-14/h3-5,7H,6H2,1-2H3,(H,15,16). The largest absolute Gasteiger partial charge is 0.478 e. The van der Waals surface area contributed by atoms with Gasteiger partial charge in [-0.05, 0) is 18.4 Å². The van der Waals surface area contributed by atoms with Crippen molar-refractivity contribution in [1.82, 2.24) is 15.0 Å². The van der Waals surface area contributed by atoms with Gasteiger partial charge in [-0.1, -0.05) is 18.2 Å². The molecule has 0 aliphatic heterocycles. The molecule has 90 valence electrons. The van der Waals surface area contributed by atoms with Crippen molar-refractivity contribution in [3.8, 4) is 0 Å². The van der Waals surface area contributed by atoms with Gasteiger partial charge in [0.05, 0.1) is 17.6 Å². The van der Waals surface area contributed by atoms with Gasteiger partial charge >= 0.3 is 5.97 Å². The molecule has 0 amide bonds. The molecule has 1 atom stereocenters. The number of benzene rings is 1. The highest BCUT2D eigenvalue weighted by Gasteiger charge is 2.14. The molecule has 0 fully saturated rings. The number of carbonyl (C=O) groups is 1. The summed E-state index contributed by atoms with van der Waals surface area (Å²) in [5.41, 5.74) is 1.42. The Bertz CT molecular complexity index is 553. The zero-order chi connectivity index (χ0) is 12.4. The highest BCUT2D eigenvalue weighted by atomic mass is 32.2. The maximum absolute atomic E-state index is 11.0. The van der Waals surface area contributed by atoms with Gasteiger partial charge in [-0.25, -0.2) is 9.48 Å². The normalized spacial score (nSPS) is 12.8. The van der Waals surface area contributed by atoms with Crippen LogP contribution in [0.15, 0.2) is 18.2 Å². The number of nitrogens with zero attached hydrogens (tertiary/aromatic N) is 3. The summed E-state index contributed by atoms with van der Waals surface area (Å²) >= 11 is 1.74. The Balaban J connectivity index is 2.47. The molecule has 2 aromatic rings. The topological polar surface area (TPSA) is 68.0 Å². The predicted octanol–water partition coefficient (Wildman–Crippen LogP) is 1.88. The summed E-state index contributed by atoms with van der Waals surface area (Å²) in [5.74, 6) is -0.972. The van der Waals surface area contributed by atoms with Crippen molar-refractivity contribution < 1.29 is 9.90 Å². The van der Waals surface area contributed by atoms with Crippen LogP contribution in [0.4, 0.5) is 0 Å². The van der Waals surface area contributed by atoms with E-state index in [-0.39, 0.29) is 5.56 Å². The SMILES string of the molecule is CSC(C)Cn1nnc2c(C(=O)O)cccc21. The summed E-state index contributed by atoms with van der Waals surface area (Å²) in [6.07, 6.45) is 2.03. The smallest absolute Gasteiger partial charge is 0.338 e. The van der Waals surface area contributed by atoms with E-state index < -0.39 is 5.97 Å². The summed E-state index contributed by atoms with van der Waals surface area (Å²) in [7, 11) is 0. The molecule has 0 saturated heterocycles. The van der Waals surface area contributed by atoms with E-state index in [1.807, 2.05) is 12.3 Å². The summed E-state index contributed by atoms with van der Waals surface area (Å²) in [6, 6.07) is 5.10. The Morgan fingerprint density at radius 1 is 1.59 bits per heavy atom. The van der Waals surface area contributed by atoms with Crippen LogP contribution in [-0.4, -0.2) is 37.6 Å². The zero-order valence-electron chi connectivity index (χ0n) is 9.62. The number of rotatable bonds is 4. The number of carboxylic acids is 1. The maximum atomic E-state index is 11.0. The van der Waals surface area contributed by atoms with Crippen molar-refractivity contribution in [1.29, 1.82) is 0 Å². The minimum atomic E-state index is -0.972. The van der Waals surface area contributed by atoms with Crippen LogP contribution in [0, 0.1) is 0 Å². The summed E-state index contributed by atoms with van der Waals surface area (Å²) in [6.45, 7) is 2.82. The molecule has 0 bridgehead atoms. The minimum absolute atomic E-state index is 0.200. The van der Waals surface area contributed by atoms with Gasteiger partial charge in [0.15, 0.2) is 0 Å². The van der Waals surface area contributed by atoms with Gasteiger partial charge in [0.25, 0.3) is 0 Å². The van der Waals surface area contributed by atoms with Crippen LogP contribution in [0.2, 0.25) is 0 Å². The second kappa shape index (κ2) is 4.75. The Labute approximate surface area is 103 Å². The second-order valence-electron chi connectivity index (χ2n) is 3.80. The van der Waals surface area contributed by atoms with Crippen molar-refractivity contribution in [3.05, 3.63) is 23.8 Å². The van der Waals surface area contributed by atoms with E-state index in [0.29, 0.717) is 10.8 Å². The Hall–Kier alpha value is -1.56. The van der Waals surface area contributed by atoms with E-state index in [1.54, 1.807) is 28.6 Å². The molecule has 1 aromatic carbocycles. The van der Waals surface area contributed by atoms with Gasteiger partial charge in [0.2, 0.25) is 0 Å². The fourth-order valence-corrected chi connectivity index (χ4v) is 1.91. The summed E-state index contributed by atoms with van der Waals surface area (Å²) in [4.78, 5) is 11.0. The minimum Gasteiger partial charge on any atom is -0.478 e. The fraction of sp³-hybridized carbons (Fsp3) is 0.364.